The van der Waals surface area contributed by atoms with E-state index in [-0.39, 0.29) is 17.5 Å². The second kappa shape index (κ2) is 7.01. The summed E-state index contributed by atoms with van der Waals surface area (Å²) in [7, 11) is -5.92. The Labute approximate surface area is 116 Å². The Morgan fingerprint density at radius 2 is 1.84 bits per heavy atom. The SMILES string of the molecule is CCN(CCCNC1CCS(=O)(=O)CC1)S(C)(=O)=O. The topological polar surface area (TPSA) is 83.6 Å². The molecule has 0 saturated carbocycles. The maximum absolute atomic E-state index is 11.4. The van der Waals surface area contributed by atoms with Gasteiger partial charge in [-0.1, -0.05) is 6.92 Å². The zero-order chi connectivity index (χ0) is 14.5. The van der Waals surface area contributed by atoms with E-state index in [1.165, 1.54) is 10.6 Å². The lowest BCUT2D eigenvalue weighted by Crippen LogP contribution is -2.39. The molecule has 0 aromatic carbocycles. The molecule has 0 radical (unpaired) electrons. The van der Waals surface area contributed by atoms with Crippen molar-refractivity contribution < 1.29 is 16.8 Å². The third kappa shape index (κ3) is 6.20. The summed E-state index contributed by atoms with van der Waals surface area (Å²) in [6.45, 7) is 3.53. The molecule has 0 unspecified atom stereocenters. The molecule has 0 aliphatic carbocycles. The summed E-state index contributed by atoms with van der Waals surface area (Å²) in [5.41, 5.74) is 0. The lowest BCUT2D eigenvalue weighted by Gasteiger charge is -2.24. The quantitative estimate of drug-likeness (QED) is 0.660. The molecule has 0 spiro atoms. The van der Waals surface area contributed by atoms with E-state index < -0.39 is 19.9 Å². The molecule has 114 valence electrons. The van der Waals surface area contributed by atoms with Crippen LogP contribution in [0.2, 0.25) is 0 Å². The van der Waals surface area contributed by atoms with Gasteiger partial charge in [0.25, 0.3) is 0 Å². The van der Waals surface area contributed by atoms with Crippen LogP contribution in [0.1, 0.15) is 26.2 Å². The number of nitrogens with zero attached hydrogens (tertiary/aromatic N) is 1. The summed E-state index contributed by atoms with van der Waals surface area (Å²) in [5, 5.41) is 3.30. The van der Waals surface area contributed by atoms with Crippen LogP contribution in [0.15, 0.2) is 0 Å². The van der Waals surface area contributed by atoms with Crippen molar-refractivity contribution in [2.75, 3.05) is 37.4 Å². The summed E-state index contributed by atoms with van der Waals surface area (Å²) >= 11 is 0. The van der Waals surface area contributed by atoms with Gasteiger partial charge in [0.2, 0.25) is 10.0 Å². The molecule has 1 saturated heterocycles. The second-order valence-electron chi connectivity index (χ2n) is 4.99. The van der Waals surface area contributed by atoms with Crippen LogP contribution in [0, 0.1) is 0 Å². The fourth-order valence-electron chi connectivity index (χ4n) is 2.21. The lowest BCUT2D eigenvalue weighted by molar-refractivity contribution is 0.401. The van der Waals surface area contributed by atoms with Crippen LogP contribution in [0.4, 0.5) is 0 Å². The van der Waals surface area contributed by atoms with Crippen molar-refractivity contribution in [2.24, 2.45) is 0 Å². The molecule has 1 rings (SSSR count). The van der Waals surface area contributed by atoms with Crippen LogP contribution in [0.25, 0.3) is 0 Å². The van der Waals surface area contributed by atoms with Crippen LogP contribution in [-0.4, -0.2) is 64.6 Å². The lowest BCUT2D eigenvalue weighted by atomic mass is 10.1. The van der Waals surface area contributed by atoms with Gasteiger partial charge in [0.1, 0.15) is 9.84 Å². The highest BCUT2D eigenvalue weighted by Gasteiger charge is 2.23. The molecule has 0 atom stereocenters. The molecule has 8 heteroatoms. The summed E-state index contributed by atoms with van der Waals surface area (Å²) in [5.74, 6) is 0.518. The van der Waals surface area contributed by atoms with Crippen LogP contribution < -0.4 is 5.32 Å². The van der Waals surface area contributed by atoms with E-state index in [2.05, 4.69) is 5.32 Å². The molecule has 0 aromatic heterocycles. The Balaban J connectivity index is 2.21. The number of nitrogens with one attached hydrogen (secondary N) is 1. The summed E-state index contributed by atoms with van der Waals surface area (Å²) in [6.07, 6.45) is 3.28. The zero-order valence-corrected chi connectivity index (χ0v) is 13.3. The van der Waals surface area contributed by atoms with Crippen molar-refractivity contribution in [3.8, 4) is 0 Å². The van der Waals surface area contributed by atoms with E-state index in [4.69, 9.17) is 0 Å². The fourth-order valence-corrected chi connectivity index (χ4v) is 4.64. The first kappa shape index (κ1) is 16.9. The molecule has 1 heterocycles. The van der Waals surface area contributed by atoms with E-state index in [0.29, 0.717) is 25.9 Å². The number of rotatable bonds is 7. The average molecular weight is 312 g/mol. The average Bonchev–Trinajstić information content (AvgIpc) is 2.29. The molecule has 0 aromatic rings. The highest BCUT2D eigenvalue weighted by atomic mass is 32.2. The first-order valence-corrected chi connectivity index (χ1v) is 10.3. The van der Waals surface area contributed by atoms with Gasteiger partial charge in [-0.25, -0.2) is 21.1 Å². The van der Waals surface area contributed by atoms with E-state index in [9.17, 15) is 16.8 Å². The highest BCUT2D eigenvalue weighted by molar-refractivity contribution is 7.91. The minimum Gasteiger partial charge on any atom is -0.314 e. The van der Waals surface area contributed by atoms with E-state index in [1.807, 2.05) is 6.92 Å². The first-order chi connectivity index (χ1) is 8.74. The summed E-state index contributed by atoms with van der Waals surface area (Å²) in [6, 6.07) is 0.247. The molecule has 1 aliphatic rings. The summed E-state index contributed by atoms with van der Waals surface area (Å²) in [4.78, 5) is 0. The standard InChI is InChI=1S/C11H24N2O4S2/c1-3-13(18(2,14)15)8-4-7-12-11-5-9-19(16,17)10-6-11/h11-12H,3-10H2,1-2H3. The molecular weight excluding hydrogens is 288 g/mol. The predicted molar refractivity (Wildman–Crippen MR) is 76.4 cm³/mol. The Bertz CT molecular complexity index is 459. The smallest absolute Gasteiger partial charge is 0.211 e. The molecule has 1 aliphatic heterocycles. The third-order valence-electron chi connectivity index (χ3n) is 3.39. The number of hydrogen-bond donors (Lipinski definition) is 1. The van der Waals surface area contributed by atoms with Gasteiger partial charge in [-0.05, 0) is 25.8 Å². The maximum atomic E-state index is 11.4. The second-order valence-corrected chi connectivity index (χ2v) is 9.27. The van der Waals surface area contributed by atoms with E-state index in [0.717, 1.165) is 13.0 Å². The maximum Gasteiger partial charge on any atom is 0.211 e. The Kier molecular flexibility index (Phi) is 6.22. The Morgan fingerprint density at radius 3 is 2.32 bits per heavy atom. The van der Waals surface area contributed by atoms with Crippen molar-refractivity contribution in [1.29, 1.82) is 0 Å². The van der Waals surface area contributed by atoms with Gasteiger partial charge in [0.15, 0.2) is 0 Å². The van der Waals surface area contributed by atoms with Crippen molar-refractivity contribution >= 4 is 19.9 Å². The molecular formula is C11H24N2O4S2. The van der Waals surface area contributed by atoms with Crippen LogP contribution in [0.5, 0.6) is 0 Å². The van der Waals surface area contributed by atoms with Crippen LogP contribution >= 0.6 is 0 Å². The van der Waals surface area contributed by atoms with Crippen molar-refractivity contribution in [1.82, 2.24) is 9.62 Å². The van der Waals surface area contributed by atoms with Gasteiger partial charge in [-0.15, -0.1) is 0 Å². The monoisotopic (exact) mass is 312 g/mol. The van der Waals surface area contributed by atoms with Gasteiger partial charge < -0.3 is 5.32 Å². The van der Waals surface area contributed by atoms with Gasteiger partial charge in [0, 0.05) is 19.1 Å². The van der Waals surface area contributed by atoms with Gasteiger partial charge in [-0.3, -0.25) is 0 Å². The van der Waals surface area contributed by atoms with Crippen molar-refractivity contribution in [2.45, 2.75) is 32.2 Å². The largest absolute Gasteiger partial charge is 0.314 e. The predicted octanol–water partition coefficient (Wildman–Crippen LogP) is -0.175. The third-order valence-corrected chi connectivity index (χ3v) is 6.49. The highest BCUT2D eigenvalue weighted by Crippen LogP contribution is 2.12. The van der Waals surface area contributed by atoms with Crippen LogP contribution in [0.3, 0.4) is 0 Å². The summed E-state index contributed by atoms with van der Waals surface area (Å²) < 4.78 is 46.7. The minimum atomic E-state index is -3.11. The molecule has 0 bridgehead atoms. The molecule has 19 heavy (non-hydrogen) atoms. The minimum absolute atomic E-state index is 0.247. The number of sulfone groups is 1. The van der Waals surface area contributed by atoms with Crippen LogP contribution in [-0.2, 0) is 19.9 Å². The number of sulfonamides is 1. The Morgan fingerprint density at radius 1 is 1.26 bits per heavy atom. The fraction of sp³-hybridized carbons (Fsp3) is 1.00. The van der Waals surface area contributed by atoms with Gasteiger partial charge in [-0.2, -0.15) is 0 Å². The molecule has 6 nitrogen and oxygen atoms in total. The van der Waals surface area contributed by atoms with Crippen molar-refractivity contribution in [3.63, 3.8) is 0 Å². The van der Waals surface area contributed by atoms with Gasteiger partial charge >= 0.3 is 0 Å². The van der Waals surface area contributed by atoms with Gasteiger partial charge in [0.05, 0.1) is 17.8 Å². The zero-order valence-electron chi connectivity index (χ0n) is 11.6. The molecule has 0 amide bonds. The molecule has 1 fully saturated rings. The van der Waals surface area contributed by atoms with Crippen molar-refractivity contribution in [3.05, 3.63) is 0 Å². The normalized spacial score (nSPS) is 20.8. The number of hydrogen-bond acceptors (Lipinski definition) is 5. The van der Waals surface area contributed by atoms with E-state index >= 15 is 0 Å². The first-order valence-electron chi connectivity index (χ1n) is 6.63. The van der Waals surface area contributed by atoms with E-state index in [1.54, 1.807) is 0 Å². The Hall–Kier alpha value is -0.180. The molecule has 1 N–H and O–H groups in total.